The van der Waals surface area contributed by atoms with Crippen LogP contribution in [0, 0.1) is 0 Å². The molecular formula is C13H17ClN2O2. The number of carbonyl (C=O) groups excluding carboxylic acids is 2. The molecule has 0 heterocycles. The summed E-state index contributed by atoms with van der Waals surface area (Å²) in [4.78, 5) is 23.0. The van der Waals surface area contributed by atoms with E-state index in [2.05, 4.69) is 10.6 Å². The number of hydrogen-bond acceptors (Lipinski definition) is 2. The highest BCUT2D eigenvalue weighted by molar-refractivity contribution is 6.39. The van der Waals surface area contributed by atoms with Crippen molar-refractivity contribution in [1.29, 1.82) is 0 Å². The van der Waals surface area contributed by atoms with Crippen molar-refractivity contribution in [2.24, 2.45) is 0 Å². The van der Waals surface area contributed by atoms with Crippen LogP contribution in [0.4, 0.5) is 5.69 Å². The summed E-state index contributed by atoms with van der Waals surface area (Å²) in [6.45, 7) is 4.33. The zero-order valence-corrected chi connectivity index (χ0v) is 11.3. The first-order chi connectivity index (χ1) is 8.56. The number of alkyl halides is 1. The van der Waals surface area contributed by atoms with Gasteiger partial charge < -0.3 is 10.6 Å². The van der Waals surface area contributed by atoms with E-state index in [1.807, 2.05) is 32.0 Å². The van der Waals surface area contributed by atoms with Crippen LogP contribution in [-0.2, 0) is 9.59 Å². The van der Waals surface area contributed by atoms with Crippen LogP contribution in [-0.4, -0.2) is 24.2 Å². The first-order valence-electron chi connectivity index (χ1n) is 5.80. The van der Waals surface area contributed by atoms with Gasteiger partial charge in [0.25, 0.3) is 0 Å². The Morgan fingerprint density at radius 1 is 1.22 bits per heavy atom. The molecule has 0 atom stereocenters. The number of para-hydroxylation sites is 1. The molecule has 0 saturated heterocycles. The molecule has 98 valence electrons. The summed E-state index contributed by atoms with van der Waals surface area (Å²) >= 11 is 5.43. The van der Waals surface area contributed by atoms with E-state index in [-0.39, 0.29) is 18.3 Å². The second-order valence-corrected chi connectivity index (χ2v) is 4.52. The van der Waals surface area contributed by atoms with Crippen LogP contribution < -0.4 is 10.6 Å². The molecule has 0 aliphatic carbocycles. The second kappa shape index (κ2) is 7.01. The van der Waals surface area contributed by atoms with E-state index in [0.717, 1.165) is 5.56 Å². The summed E-state index contributed by atoms with van der Waals surface area (Å²) < 4.78 is 0. The van der Waals surface area contributed by atoms with Gasteiger partial charge >= 0.3 is 11.8 Å². The van der Waals surface area contributed by atoms with Crippen molar-refractivity contribution < 1.29 is 9.59 Å². The van der Waals surface area contributed by atoms with Crippen molar-refractivity contribution in [2.45, 2.75) is 19.8 Å². The van der Waals surface area contributed by atoms with Crippen molar-refractivity contribution in [2.75, 3.05) is 17.7 Å². The number of rotatable bonds is 4. The molecule has 0 aromatic heterocycles. The molecule has 2 N–H and O–H groups in total. The smallest absolute Gasteiger partial charge is 0.313 e. The quantitative estimate of drug-likeness (QED) is 0.649. The van der Waals surface area contributed by atoms with Gasteiger partial charge in [-0.05, 0) is 17.5 Å². The summed E-state index contributed by atoms with van der Waals surface area (Å²) in [5.74, 6) is -0.795. The molecule has 0 spiro atoms. The fourth-order valence-corrected chi connectivity index (χ4v) is 1.63. The molecule has 0 saturated carbocycles. The van der Waals surface area contributed by atoms with Crippen molar-refractivity contribution in [3.05, 3.63) is 29.8 Å². The lowest BCUT2D eigenvalue weighted by atomic mass is 10.0. The zero-order valence-electron chi connectivity index (χ0n) is 10.5. The second-order valence-electron chi connectivity index (χ2n) is 4.14. The first-order valence-corrected chi connectivity index (χ1v) is 6.33. The Morgan fingerprint density at radius 2 is 1.89 bits per heavy atom. The van der Waals surface area contributed by atoms with Crippen LogP contribution in [0.5, 0.6) is 0 Å². The Labute approximate surface area is 112 Å². The summed E-state index contributed by atoms with van der Waals surface area (Å²) in [5, 5.41) is 5.02. The third-order valence-corrected chi connectivity index (χ3v) is 2.61. The summed E-state index contributed by atoms with van der Waals surface area (Å²) in [6.07, 6.45) is 0. The number of hydrogen-bond donors (Lipinski definition) is 2. The molecule has 1 aromatic carbocycles. The number of nitrogens with one attached hydrogen (secondary N) is 2. The molecule has 4 nitrogen and oxygen atoms in total. The van der Waals surface area contributed by atoms with Gasteiger partial charge in [0, 0.05) is 18.1 Å². The monoisotopic (exact) mass is 268 g/mol. The topological polar surface area (TPSA) is 58.2 Å². The number of halogens is 1. The highest BCUT2D eigenvalue weighted by Gasteiger charge is 2.15. The molecule has 1 rings (SSSR count). The predicted molar refractivity (Wildman–Crippen MR) is 72.9 cm³/mol. The van der Waals surface area contributed by atoms with Crippen LogP contribution in [0.3, 0.4) is 0 Å². The van der Waals surface area contributed by atoms with Gasteiger partial charge in [0.15, 0.2) is 0 Å². The van der Waals surface area contributed by atoms with E-state index in [9.17, 15) is 9.59 Å². The number of benzene rings is 1. The zero-order chi connectivity index (χ0) is 13.5. The van der Waals surface area contributed by atoms with Gasteiger partial charge in [0.1, 0.15) is 0 Å². The van der Waals surface area contributed by atoms with Crippen molar-refractivity contribution in [1.82, 2.24) is 5.32 Å². The van der Waals surface area contributed by atoms with E-state index >= 15 is 0 Å². The highest BCUT2D eigenvalue weighted by atomic mass is 35.5. The fraction of sp³-hybridized carbons (Fsp3) is 0.385. The number of anilines is 1. The van der Waals surface area contributed by atoms with Crippen LogP contribution in [0.1, 0.15) is 25.3 Å². The average Bonchev–Trinajstić information content (AvgIpc) is 2.36. The summed E-state index contributed by atoms with van der Waals surface area (Å²) in [6, 6.07) is 7.43. The Kier molecular flexibility index (Phi) is 5.65. The van der Waals surface area contributed by atoms with E-state index in [1.165, 1.54) is 0 Å². The van der Waals surface area contributed by atoms with Gasteiger partial charge in [-0.1, -0.05) is 32.0 Å². The molecule has 5 heteroatoms. The third-order valence-electron chi connectivity index (χ3n) is 2.42. The van der Waals surface area contributed by atoms with Crippen LogP contribution >= 0.6 is 11.6 Å². The van der Waals surface area contributed by atoms with Crippen molar-refractivity contribution in [3.8, 4) is 0 Å². The highest BCUT2D eigenvalue weighted by Crippen LogP contribution is 2.23. The van der Waals surface area contributed by atoms with Gasteiger partial charge in [-0.2, -0.15) is 0 Å². The summed E-state index contributed by atoms with van der Waals surface area (Å²) in [7, 11) is 0. The molecule has 0 fully saturated rings. The number of carbonyl (C=O) groups is 2. The third kappa shape index (κ3) is 4.04. The molecular weight excluding hydrogens is 252 g/mol. The van der Waals surface area contributed by atoms with E-state index in [4.69, 9.17) is 11.6 Å². The Hall–Kier alpha value is -1.55. The average molecular weight is 269 g/mol. The van der Waals surface area contributed by atoms with Gasteiger partial charge in [-0.15, -0.1) is 11.6 Å². The van der Waals surface area contributed by atoms with E-state index < -0.39 is 11.8 Å². The van der Waals surface area contributed by atoms with E-state index in [0.29, 0.717) is 5.69 Å². The molecule has 18 heavy (non-hydrogen) atoms. The maximum absolute atomic E-state index is 11.6. The maximum atomic E-state index is 11.6. The fourth-order valence-electron chi connectivity index (χ4n) is 1.53. The minimum absolute atomic E-state index is 0.271. The largest absolute Gasteiger partial charge is 0.347 e. The normalized spacial score (nSPS) is 10.2. The lowest BCUT2D eigenvalue weighted by molar-refractivity contribution is -0.136. The predicted octanol–water partition coefficient (Wildman–Crippen LogP) is 2.10. The van der Waals surface area contributed by atoms with E-state index in [1.54, 1.807) is 6.07 Å². The SMILES string of the molecule is CC(C)c1ccccc1NC(=O)C(=O)NCCCl. The minimum Gasteiger partial charge on any atom is -0.347 e. The minimum atomic E-state index is -0.673. The van der Waals surface area contributed by atoms with Crippen molar-refractivity contribution in [3.63, 3.8) is 0 Å². The molecule has 2 amide bonds. The van der Waals surface area contributed by atoms with Crippen LogP contribution in [0.2, 0.25) is 0 Å². The molecule has 0 radical (unpaired) electrons. The maximum Gasteiger partial charge on any atom is 0.313 e. The molecule has 0 aliphatic heterocycles. The lowest BCUT2D eigenvalue weighted by Gasteiger charge is -2.13. The van der Waals surface area contributed by atoms with Gasteiger partial charge in [-0.25, -0.2) is 0 Å². The molecule has 0 unspecified atom stereocenters. The Balaban J connectivity index is 2.73. The van der Waals surface area contributed by atoms with Crippen LogP contribution in [0.25, 0.3) is 0 Å². The Morgan fingerprint density at radius 3 is 2.50 bits per heavy atom. The molecule has 1 aromatic rings. The molecule has 0 bridgehead atoms. The summed E-state index contributed by atoms with van der Waals surface area (Å²) in [5.41, 5.74) is 1.66. The molecule has 0 aliphatic rings. The Bertz CT molecular complexity index is 433. The van der Waals surface area contributed by atoms with Gasteiger partial charge in [0.2, 0.25) is 0 Å². The number of amides is 2. The van der Waals surface area contributed by atoms with Gasteiger partial charge in [0.05, 0.1) is 0 Å². The lowest BCUT2D eigenvalue weighted by Crippen LogP contribution is -2.36. The first kappa shape index (κ1) is 14.5. The standard InChI is InChI=1S/C13H17ClN2O2/c1-9(2)10-5-3-4-6-11(10)16-13(18)12(17)15-8-7-14/h3-6,9H,7-8H2,1-2H3,(H,15,17)(H,16,18). The van der Waals surface area contributed by atoms with Crippen LogP contribution in [0.15, 0.2) is 24.3 Å². The van der Waals surface area contributed by atoms with Gasteiger partial charge in [-0.3, -0.25) is 9.59 Å². The van der Waals surface area contributed by atoms with Crippen molar-refractivity contribution >= 4 is 29.1 Å².